The van der Waals surface area contributed by atoms with Crippen LogP contribution in [-0.4, -0.2) is 32.3 Å². The van der Waals surface area contributed by atoms with E-state index >= 15 is 0 Å². The van der Waals surface area contributed by atoms with Crippen molar-refractivity contribution in [1.82, 2.24) is 10.0 Å². The van der Waals surface area contributed by atoms with E-state index < -0.39 is 10.0 Å². The van der Waals surface area contributed by atoms with Gasteiger partial charge in [0, 0.05) is 18.6 Å². The van der Waals surface area contributed by atoms with Crippen LogP contribution < -0.4 is 10.0 Å². The van der Waals surface area contributed by atoms with E-state index in [1.807, 2.05) is 13.8 Å². The van der Waals surface area contributed by atoms with Crippen LogP contribution in [0.5, 0.6) is 0 Å². The molecule has 17 heavy (non-hydrogen) atoms. The Labute approximate surface area is 106 Å². The van der Waals surface area contributed by atoms with Crippen LogP contribution in [0.1, 0.15) is 47.0 Å². The maximum Gasteiger partial charge on any atom is 0.215 e. The van der Waals surface area contributed by atoms with Gasteiger partial charge in [-0.2, -0.15) is 0 Å². The minimum Gasteiger partial charge on any atom is -0.313 e. The summed E-state index contributed by atoms with van der Waals surface area (Å²) in [7, 11) is -3.16. The summed E-state index contributed by atoms with van der Waals surface area (Å²) in [6.07, 6.45) is 3.27. The Balaban J connectivity index is 2.35. The third-order valence-electron chi connectivity index (χ3n) is 3.24. The molecule has 0 saturated heterocycles. The van der Waals surface area contributed by atoms with Crippen molar-refractivity contribution in [2.75, 3.05) is 6.54 Å². The Morgan fingerprint density at radius 1 is 1.29 bits per heavy atom. The molecular weight excluding hydrogens is 236 g/mol. The predicted octanol–water partition coefficient (Wildman–Crippen LogP) is 1.48. The van der Waals surface area contributed by atoms with Gasteiger partial charge in [0.1, 0.15) is 0 Å². The molecule has 0 amide bonds. The lowest BCUT2D eigenvalue weighted by Gasteiger charge is -2.16. The lowest BCUT2D eigenvalue weighted by molar-refractivity contribution is 0.536. The summed E-state index contributed by atoms with van der Waals surface area (Å²) in [5.41, 5.74) is 0. The van der Waals surface area contributed by atoms with Crippen molar-refractivity contribution in [1.29, 1.82) is 0 Å². The van der Waals surface area contributed by atoms with Gasteiger partial charge in [-0.1, -0.05) is 27.2 Å². The van der Waals surface area contributed by atoms with Gasteiger partial charge in [0.25, 0.3) is 0 Å². The van der Waals surface area contributed by atoms with E-state index in [1.54, 1.807) is 6.92 Å². The van der Waals surface area contributed by atoms with Crippen molar-refractivity contribution in [3.05, 3.63) is 0 Å². The molecule has 0 aliphatic heterocycles. The zero-order valence-corrected chi connectivity index (χ0v) is 12.2. The van der Waals surface area contributed by atoms with Crippen LogP contribution in [0.15, 0.2) is 0 Å². The highest BCUT2D eigenvalue weighted by atomic mass is 32.2. The second kappa shape index (κ2) is 6.16. The van der Waals surface area contributed by atoms with Gasteiger partial charge < -0.3 is 5.32 Å². The fraction of sp³-hybridized carbons (Fsp3) is 1.00. The maximum absolute atomic E-state index is 12.0. The van der Waals surface area contributed by atoms with Crippen LogP contribution in [0.2, 0.25) is 0 Å². The van der Waals surface area contributed by atoms with Crippen LogP contribution in [0.4, 0.5) is 0 Å². The Morgan fingerprint density at radius 2 is 1.94 bits per heavy atom. The van der Waals surface area contributed by atoms with Crippen molar-refractivity contribution in [3.8, 4) is 0 Å². The Morgan fingerprint density at radius 3 is 2.47 bits per heavy atom. The molecule has 0 aromatic carbocycles. The average Bonchev–Trinajstić information content (AvgIpc) is 2.92. The molecule has 4 nitrogen and oxygen atoms in total. The van der Waals surface area contributed by atoms with Crippen LogP contribution in [0.3, 0.4) is 0 Å². The SMILES string of the molecule is CCCC1CC1NS(=O)(=O)C(C)CNC(C)C. The quantitative estimate of drug-likeness (QED) is 0.696. The summed E-state index contributed by atoms with van der Waals surface area (Å²) >= 11 is 0. The van der Waals surface area contributed by atoms with Gasteiger partial charge >= 0.3 is 0 Å². The van der Waals surface area contributed by atoms with Crippen LogP contribution in [0, 0.1) is 5.92 Å². The van der Waals surface area contributed by atoms with E-state index in [2.05, 4.69) is 17.0 Å². The van der Waals surface area contributed by atoms with E-state index in [0.29, 0.717) is 18.5 Å². The highest BCUT2D eigenvalue weighted by molar-refractivity contribution is 7.90. The minimum atomic E-state index is -3.16. The molecule has 3 atom stereocenters. The van der Waals surface area contributed by atoms with Crippen LogP contribution >= 0.6 is 0 Å². The summed E-state index contributed by atoms with van der Waals surface area (Å²) in [6, 6.07) is 0.517. The molecule has 1 saturated carbocycles. The molecule has 0 bridgehead atoms. The molecule has 102 valence electrons. The van der Waals surface area contributed by atoms with E-state index in [4.69, 9.17) is 0 Å². The number of hydrogen-bond donors (Lipinski definition) is 2. The standard InChI is InChI=1S/C12H26N2O2S/c1-5-6-11-7-12(11)14-17(15,16)10(4)8-13-9(2)3/h9-14H,5-8H2,1-4H3. The summed E-state index contributed by atoms with van der Waals surface area (Å²) in [4.78, 5) is 0. The summed E-state index contributed by atoms with van der Waals surface area (Å²) in [5, 5.41) is 2.79. The molecule has 0 aromatic rings. The normalized spacial score (nSPS) is 26.2. The molecule has 0 heterocycles. The Kier molecular flexibility index (Phi) is 5.41. The summed E-state index contributed by atoms with van der Waals surface area (Å²) in [6.45, 7) is 8.45. The maximum atomic E-state index is 12.0. The average molecular weight is 262 g/mol. The lowest BCUT2D eigenvalue weighted by atomic mass is 10.2. The van der Waals surface area contributed by atoms with Crippen LogP contribution in [-0.2, 0) is 10.0 Å². The van der Waals surface area contributed by atoms with E-state index in [1.165, 1.54) is 0 Å². The third-order valence-corrected chi connectivity index (χ3v) is 5.10. The van der Waals surface area contributed by atoms with Crippen molar-refractivity contribution in [3.63, 3.8) is 0 Å². The topological polar surface area (TPSA) is 58.2 Å². The first-order valence-electron chi connectivity index (χ1n) is 6.61. The summed E-state index contributed by atoms with van der Waals surface area (Å²) in [5.74, 6) is 0.569. The second-order valence-electron chi connectivity index (χ2n) is 5.43. The van der Waals surface area contributed by atoms with Crippen molar-refractivity contribution in [2.24, 2.45) is 5.92 Å². The smallest absolute Gasteiger partial charge is 0.215 e. The van der Waals surface area contributed by atoms with Crippen molar-refractivity contribution >= 4 is 10.0 Å². The molecule has 3 unspecified atom stereocenters. The molecule has 1 aliphatic rings. The number of rotatable bonds is 8. The second-order valence-corrected chi connectivity index (χ2v) is 7.56. The Hall–Kier alpha value is -0.130. The molecule has 0 radical (unpaired) electrons. The summed E-state index contributed by atoms with van der Waals surface area (Å²) < 4.78 is 26.8. The monoisotopic (exact) mass is 262 g/mol. The predicted molar refractivity (Wildman–Crippen MR) is 71.5 cm³/mol. The molecule has 1 aliphatic carbocycles. The van der Waals surface area contributed by atoms with Crippen molar-refractivity contribution in [2.45, 2.75) is 64.3 Å². The zero-order chi connectivity index (χ0) is 13.1. The third kappa shape index (κ3) is 4.94. The van der Waals surface area contributed by atoms with Gasteiger partial charge in [0.05, 0.1) is 5.25 Å². The lowest BCUT2D eigenvalue weighted by Crippen LogP contribution is -2.41. The van der Waals surface area contributed by atoms with Gasteiger partial charge in [-0.3, -0.25) is 0 Å². The van der Waals surface area contributed by atoms with E-state index in [0.717, 1.165) is 19.3 Å². The van der Waals surface area contributed by atoms with Crippen molar-refractivity contribution < 1.29 is 8.42 Å². The first-order chi connectivity index (χ1) is 7.86. The van der Waals surface area contributed by atoms with Crippen LogP contribution in [0.25, 0.3) is 0 Å². The highest BCUT2D eigenvalue weighted by Gasteiger charge is 2.39. The molecule has 5 heteroatoms. The number of hydrogen-bond acceptors (Lipinski definition) is 3. The van der Waals surface area contributed by atoms with Gasteiger partial charge in [0.2, 0.25) is 10.0 Å². The molecule has 2 N–H and O–H groups in total. The number of nitrogens with one attached hydrogen (secondary N) is 2. The van der Waals surface area contributed by atoms with Gasteiger partial charge in [0.15, 0.2) is 0 Å². The Bertz CT molecular complexity index is 327. The molecule has 1 rings (SSSR count). The van der Waals surface area contributed by atoms with Gasteiger partial charge in [-0.25, -0.2) is 13.1 Å². The molecular formula is C12H26N2O2S. The molecule has 1 fully saturated rings. The zero-order valence-electron chi connectivity index (χ0n) is 11.4. The minimum absolute atomic E-state index is 0.196. The largest absolute Gasteiger partial charge is 0.313 e. The first kappa shape index (κ1) is 14.9. The first-order valence-corrected chi connectivity index (χ1v) is 8.16. The fourth-order valence-electron chi connectivity index (χ4n) is 1.92. The molecule has 0 spiro atoms. The fourth-order valence-corrected chi connectivity index (χ4v) is 3.18. The number of sulfonamides is 1. The van der Waals surface area contributed by atoms with E-state index in [9.17, 15) is 8.42 Å². The van der Waals surface area contributed by atoms with Gasteiger partial charge in [-0.15, -0.1) is 0 Å². The van der Waals surface area contributed by atoms with Gasteiger partial charge in [-0.05, 0) is 25.7 Å². The molecule has 0 aromatic heterocycles. The highest BCUT2D eigenvalue weighted by Crippen LogP contribution is 2.35. The van der Waals surface area contributed by atoms with E-state index in [-0.39, 0.29) is 11.3 Å².